The molecule has 0 unspecified atom stereocenters. The van der Waals surface area contributed by atoms with Gasteiger partial charge in [0.25, 0.3) is 5.56 Å². The molecule has 0 bridgehead atoms. The Morgan fingerprint density at radius 2 is 1.77 bits per heavy atom. The van der Waals surface area contributed by atoms with Gasteiger partial charge in [-0.1, -0.05) is 53.5 Å². The van der Waals surface area contributed by atoms with Crippen LogP contribution < -0.4 is 11.2 Å². The molecule has 22 heavy (non-hydrogen) atoms. The molecular formula is C16H12Cl2N2O2. The second-order valence-electron chi connectivity index (χ2n) is 5.00. The van der Waals surface area contributed by atoms with Gasteiger partial charge in [0.2, 0.25) is 0 Å². The quantitative estimate of drug-likeness (QED) is 0.778. The molecular weight excluding hydrogens is 323 g/mol. The third kappa shape index (κ3) is 2.45. The van der Waals surface area contributed by atoms with E-state index in [4.69, 9.17) is 23.2 Å². The third-order valence-corrected chi connectivity index (χ3v) is 4.13. The van der Waals surface area contributed by atoms with Crippen LogP contribution in [0.15, 0.2) is 52.1 Å². The maximum Gasteiger partial charge on any atom is 0.329 e. The summed E-state index contributed by atoms with van der Waals surface area (Å²) in [6.07, 6.45) is 0. The molecule has 0 saturated heterocycles. The molecule has 3 aromatic rings. The van der Waals surface area contributed by atoms with E-state index in [2.05, 4.69) is 4.98 Å². The van der Waals surface area contributed by atoms with E-state index in [0.717, 1.165) is 10.1 Å². The molecule has 1 aromatic heterocycles. The number of halogens is 2. The Kier molecular flexibility index (Phi) is 3.81. The van der Waals surface area contributed by atoms with Gasteiger partial charge in [-0.15, -0.1) is 0 Å². The van der Waals surface area contributed by atoms with E-state index in [-0.39, 0.29) is 10.4 Å². The highest BCUT2D eigenvalue weighted by Gasteiger charge is 2.17. The van der Waals surface area contributed by atoms with E-state index in [1.807, 2.05) is 30.3 Å². The average molecular weight is 335 g/mol. The van der Waals surface area contributed by atoms with Gasteiger partial charge in [0.1, 0.15) is 0 Å². The summed E-state index contributed by atoms with van der Waals surface area (Å²) >= 11 is 12.0. The van der Waals surface area contributed by atoms with Gasteiger partial charge in [-0.3, -0.25) is 9.36 Å². The predicted octanol–water partition coefficient (Wildman–Crippen LogP) is 3.61. The fourth-order valence-electron chi connectivity index (χ4n) is 2.51. The zero-order valence-corrected chi connectivity index (χ0v) is 13.2. The Balaban J connectivity index is 2.32. The molecule has 0 spiro atoms. The van der Waals surface area contributed by atoms with Crippen LogP contribution in [0.25, 0.3) is 10.9 Å². The maximum absolute atomic E-state index is 12.7. The van der Waals surface area contributed by atoms with Gasteiger partial charge >= 0.3 is 5.69 Å². The van der Waals surface area contributed by atoms with Gasteiger partial charge in [-0.2, -0.15) is 0 Å². The molecule has 1 heterocycles. The molecule has 0 aliphatic heterocycles. The number of hydrogen-bond acceptors (Lipinski definition) is 2. The summed E-state index contributed by atoms with van der Waals surface area (Å²) < 4.78 is 1.16. The monoisotopic (exact) mass is 334 g/mol. The highest BCUT2D eigenvalue weighted by molar-refractivity contribution is 6.38. The van der Waals surface area contributed by atoms with Crippen LogP contribution in [0.2, 0.25) is 10.0 Å². The number of aromatic amines is 1. The van der Waals surface area contributed by atoms with Crippen molar-refractivity contribution in [3.8, 4) is 0 Å². The molecule has 4 nitrogen and oxygen atoms in total. The molecule has 1 atom stereocenters. The van der Waals surface area contributed by atoms with Crippen molar-refractivity contribution in [2.24, 2.45) is 0 Å². The Morgan fingerprint density at radius 3 is 2.45 bits per heavy atom. The molecule has 0 aliphatic rings. The van der Waals surface area contributed by atoms with Crippen LogP contribution in [0.3, 0.4) is 0 Å². The molecule has 0 radical (unpaired) electrons. The summed E-state index contributed by atoms with van der Waals surface area (Å²) in [6.45, 7) is 1.79. The van der Waals surface area contributed by atoms with Gasteiger partial charge in [0.05, 0.1) is 22.0 Å². The Morgan fingerprint density at radius 1 is 1.09 bits per heavy atom. The first-order valence-corrected chi connectivity index (χ1v) is 7.43. The summed E-state index contributed by atoms with van der Waals surface area (Å²) in [7, 11) is 0. The second-order valence-corrected chi connectivity index (χ2v) is 5.85. The first-order chi connectivity index (χ1) is 10.5. The van der Waals surface area contributed by atoms with Gasteiger partial charge in [0.15, 0.2) is 0 Å². The molecule has 0 amide bonds. The fraction of sp³-hybridized carbons (Fsp3) is 0.125. The number of fused-ring (bicyclic) bond motifs is 1. The Hall–Kier alpha value is -2.04. The smallest absolute Gasteiger partial charge is 0.307 e. The van der Waals surface area contributed by atoms with Crippen molar-refractivity contribution in [3.63, 3.8) is 0 Å². The van der Waals surface area contributed by atoms with Gasteiger partial charge in [0, 0.05) is 5.02 Å². The molecule has 6 heteroatoms. The van der Waals surface area contributed by atoms with Crippen LogP contribution >= 0.6 is 23.2 Å². The van der Waals surface area contributed by atoms with Crippen molar-refractivity contribution in [1.29, 1.82) is 0 Å². The summed E-state index contributed by atoms with van der Waals surface area (Å²) in [5.41, 5.74) is 0.271. The highest BCUT2D eigenvalue weighted by atomic mass is 35.5. The number of benzene rings is 2. The zero-order valence-electron chi connectivity index (χ0n) is 11.6. The van der Waals surface area contributed by atoms with Crippen molar-refractivity contribution in [3.05, 3.63) is 78.9 Å². The van der Waals surface area contributed by atoms with Crippen molar-refractivity contribution in [2.75, 3.05) is 0 Å². The van der Waals surface area contributed by atoms with E-state index in [1.54, 1.807) is 6.92 Å². The minimum atomic E-state index is -0.493. The van der Waals surface area contributed by atoms with Crippen LogP contribution in [0.1, 0.15) is 18.5 Å². The van der Waals surface area contributed by atoms with Crippen LogP contribution in [0.5, 0.6) is 0 Å². The van der Waals surface area contributed by atoms with Crippen LogP contribution in [-0.4, -0.2) is 9.55 Å². The van der Waals surface area contributed by atoms with E-state index in [9.17, 15) is 9.59 Å². The van der Waals surface area contributed by atoms with Gasteiger partial charge in [-0.25, -0.2) is 4.79 Å². The lowest BCUT2D eigenvalue weighted by molar-refractivity contribution is 0.585. The normalized spacial score (nSPS) is 12.5. The number of rotatable bonds is 2. The lowest BCUT2D eigenvalue weighted by atomic mass is 10.1. The number of nitrogens with one attached hydrogen (secondary N) is 1. The number of aromatic nitrogens is 2. The molecule has 1 N–H and O–H groups in total. The zero-order chi connectivity index (χ0) is 15.9. The van der Waals surface area contributed by atoms with Crippen LogP contribution in [0.4, 0.5) is 0 Å². The van der Waals surface area contributed by atoms with Crippen molar-refractivity contribution < 1.29 is 0 Å². The molecule has 0 fully saturated rings. The summed E-state index contributed by atoms with van der Waals surface area (Å²) in [4.78, 5) is 27.7. The molecule has 3 rings (SSSR count). The average Bonchev–Trinajstić information content (AvgIpc) is 2.46. The number of hydrogen-bond donors (Lipinski definition) is 1. The molecule has 0 aliphatic carbocycles. The highest BCUT2D eigenvalue weighted by Crippen LogP contribution is 2.24. The van der Waals surface area contributed by atoms with E-state index in [1.165, 1.54) is 12.1 Å². The van der Waals surface area contributed by atoms with Crippen molar-refractivity contribution in [1.82, 2.24) is 9.55 Å². The Bertz CT molecular complexity index is 962. The van der Waals surface area contributed by atoms with Crippen molar-refractivity contribution in [2.45, 2.75) is 13.0 Å². The summed E-state index contributed by atoms with van der Waals surface area (Å²) in [5, 5.41) is 0.840. The van der Waals surface area contributed by atoms with E-state index in [0.29, 0.717) is 10.5 Å². The first kappa shape index (κ1) is 14.9. The van der Waals surface area contributed by atoms with Gasteiger partial charge in [-0.05, 0) is 24.6 Å². The lowest BCUT2D eigenvalue weighted by Crippen LogP contribution is -2.37. The molecule has 0 saturated carbocycles. The van der Waals surface area contributed by atoms with E-state index >= 15 is 0 Å². The van der Waals surface area contributed by atoms with Crippen LogP contribution in [-0.2, 0) is 0 Å². The topological polar surface area (TPSA) is 54.9 Å². The SMILES string of the molecule is C[C@H](c1ccccc1)n1c(=O)[nH]c2cc(Cl)cc(Cl)c2c1=O. The number of nitrogens with zero attached hydrogens (tertiary/aromatic N) is 1. The van der Waals surface area contributed by atoms with Gasteiger partial charge < -0.3 is 4.98 Å². The largest absolute Gasteiger partial charge is 0.329 e. The third-order valence-electron chi connectivity index (χ3n) is 3.62. The summed E-state index contributed by atoms with van der Waals surface area (Å²) in [6, 6.07) is 11.9. The lowest BCUT2D eigenvalue weighted by Gasteiger charge is -2.15. The standard InChI is InChI=1S/C16H12Cl2N2O2/c1-9(10-5-3-2-4-6-10)20-15(21)14-12(18)7-11(17)8-13(14)19-16(20)22/h2-9H,1H3,(H,19,22)/t9-/m1/s1. The van der Waals surface area contributed by atoms with Crippen LogP contribution in [0, 0.1) is 0 Å². The summed E-state index contributed by atoms with van der Waals surface area (Å²) in [5.74, 6) is 0. The molecule has 2 aromatic carbocycles. The predicted molar refractivity (Wildman–Crippen MR) is 89.1 cm³/mol. The minimum Gasteiger partial charge on any atom is -0.307 e. The number of H-pyrrole nitrogens is 1. The maximum atomic E-state index is 12.7. The Labute approximate surface area is 135 Å². The van der Waals surface area contributed by atoms with Crippen molar-refractivity contribution >= 4 is 34.1 Å². The minimum absolute atomic E-state index is 0.220. The fourth-order valence-corrected chi connectivity index (χ4v) is 3.08. The molecule has 112 valence electrons. The van der Waals surface area contributed by atoms with E-state index < -0.39 is 17.3 Å². The second kappa shape index (κ2) is 5.63. The first-order valence-electron chi connectivity index (χ1n) is 6.67.